The quantitative estimate of drug-likeness (QED) is 0.295. The van der Waals surface area contributed by atoms with Gasteiger partial charge in [-0.05, 0) is 18.6 Å². The lowest BCUT2D eigenvalue weighted by Crippen LogP contribution is -2.47. The average molecular weight is 266 g/mol. The summed E-state index contributed by atoms with van der Waals surface area (Å²) >= 11 is 8.05. The first-order valence-corrected chi connectivity index (χ1v) is 6.33. The van der Waals surface area contributed by atoms with Gasteiger partial charge in [0.15, 0.2) is 0 Å². The Morgan fingerprint density at radius 1 is 1.25 bits per heavy atom. The minimum Gasteiger partial charge on any atom is -0.480 e. The highest BCUT2D eigenvalue weighted by Gasteiger charge is 2.16. The number of thiol groups is 2. The van der Waals surface area contributed by atoms with Gasteiger partial charge < -0.3 is 10.4 Å². The zero-order valence-corrected chi connectivity index (χ0v) is 10.8. The summed E-state index contributed by atoms with van der Waals surface area (Å²) in [6.07, 6.45) is 1.81. The number of carboxylic acid groups (broad SMARTS) is 1. The van der Waals surface area contributed by atoms with E-state index >= 15 is 0 Å². The summed E-state index contributed by atoms with van der Waals surface area (Å²) in [7, 11) is 0. The van der Waals surface area contributed by atoms with Crippen molar-refractivity contribution in [3.63, 3.8) is 0 Å². The van der Waals surface area contributed by atoms with Crippen LogP contribution in [0.25, 0.3) is 0 Å². The molecule has 0 aliphatic heterocycles. The van der Waals surface area contributed by atoms with Gasteiger partial charge in [-0.1, -0.05) is 0 Å². The van der Waals surface area contributed by atoms with Crippen LogP contribution in [0.4, 0.5) is 0 Å². The second kappa shape index (κ2) is 9.80. The summed E-state index contributed by atoms with van der Waals surface area (Å²) in [5, 5.41) is 13.8. The molecular formula is C9H18N2O3S2. The van der Waals surface area contributed by atoms with Crippen molar-refractivity contribution in [2.45, 2.75) is 18.9 Å². The van der Waals surface area contributed by atoms with Crippen LogP contribution in [0.1, 0.15) is 12.8 Å². The van der Waals surface area contributed by atoms with Crippen LogP contribution in [0, 0.1) is 0 Å². The van der Waals surface area contributed by atoms with Crippen molar-refractivity contribution < 1.29 is 14.7 Å². The van der Waals surface area contributed by atoms with Gasteiger partial charge in [-0.2, -0.15) is 25.3 Å². The molecule has 0 radical (unpaired) electrons. The molecule has 0 heterocycles. The molecule has 0 fully saturated rings. The fourth-order valence-electron chi connectivity index (χ4n) is 1.02. The Morgan fingerprint density at radius 3 is 2.44 bits per heavy atom. The van der Waals surface area contributed by atoms with Gasteiger partial charge in [0.25, 0.3) is 0 Å². The molecular weight excluding hydrogens is 248 g/mol. The predicted octanol–water partition coefficient (Wildman–Crippen LogP) is -0.215. The van der Waals surface area contributed by atoms with Crippen LogP contribution in [0.2, 0.25) is 0 Å². The minimum absolute atomic E-state index is 0.213. The normalized spacial score (nSPS) is 12.1. The molecule has 94 valence electrons. The van der Waals surface area contributed by atoms with Crippen LogP contribution in [0.15, 0.2) is 0 Å². The van der Waals surface area contributed by atoms with Gasteiger partial charge in [-0.15, -0.1) is 0 Å². The van der Waals surface area contributed by atoms with Crippen molar-refractivity contribution in [1.82, 2.24) is 10.6 Å². The average Bonchev–Trinajstić information content (AvgIpc) is 2.25. The van der Waals surface area contributed by atoms with Crippen LogP contribution in [0.3, 0.4) is 0 Å². The molecule has 0 aromatic heterocycles. The maximum Gasteiger partial charge on any atom is 0.317 e. The Balaban J connectivity index is 3.77. The standard InChI is InChI=1S/C9H18N2O3S2/c12-8(13)5-11-7(6-16)9(14)10-3-1-2-4-15/h7,11,15-16H,1-6H2,(H,10,14)(H,12,13). The number of rotatable bonds is 9. The molecule has 0 aliphatic carbocycles. The Morgan fingerprint density at radius 2 is 1.94 bits per heavy atom. The molecule has 0 spiro atoms. The first-order valence-electron chi connectivity index (χ1n) is 5.06. The topological polar surface area (TPSA) is 78.4 Å². The van der Waals surface area contributed by atoms with Crippen molar-refractivity contribution in [3.05, 3.63) is 0 Å². The van der Waals surface area contributed by atoms with Gasteiger partial charge in [0.1, 0.15) is 0 Å². The zero-order valence-electron chi connectivity index (χ0n) is 8.98. The van der Waals surface area contributed by atoms with Gasteiger partial charge in [-0.3, -0.25) is 14.9 Å². The maximum atomic E-state index is 11.5. The first kappa shape index (κ1) is 15.6. The first-order chi connectivity index (χ1) is 7.61. The highest BCUT2D eigenvalue weighted by atomic mass is 32.1. The fourth-order valence-corrected chi connectivity index (χ4v) is 1.54. The highest BCUT2D eigenvalue weighted by Crippen LogP contribution is 1.92. The van der Waals surface area contributed by atoms with E-state index in [1.54, 1.807) is 0 Å². The molecule has 0 aromatic rings. The Kier molecular flexibility index (Phi) is 9.55. The number of carbonyl (C=O) groups is 2. The third-order valence-corrected chi connectivity index (χ3v) is 2.56. The predicted molar refractivity (Wildman–Crippen MR) is 69.4 cm³/mol. The molecule has 3 N–H and O–H groups in total. The second-order valence-corrected chi connectivity index (χ2v) is 4.04. The summed E-state index contributed by atoms with van der Waals surface area (Å²) in [6, 6.07) is -0.560. The highest BCUT2D eigenvalue weighted by molar-refractivity contribution is 7.80. The van der Waals surface area contributed by atoms with Crippen LogP contribution >= 0.6 is 25.3 Å². The molecule has 1 unspecified atom stereocenters. The zero-order chi connectivity index (χ0) is 12.4. The summed E-state index contributed by atoms with van der Waals surface area (Å²) in [6.45, 7) is 0.341. The summed E-state index contributed by atoms with van der Waals surface area (Å²) < 4.78 is 0. The van der Waals surface area contributed by atoms with Crippen molar-refractivity contribution in [2.75, 3.05) is 24.6 Å². The number of carboxylic acids is 1. The van der Waals surface area contributed by atoms with Crippen molar-refractivity contribution >= 4 is 37.1 Å². The van der Waals surface area contributed by atoms with Crippen molar-refractivity contribution in [1.29, 1.82) is 0 Å². The van der Waals surface area contributed by atoms with E-state index in [0.717, 1.165) is 18.6 Å². The van der Waals surface area contributed by atoms with Crippen molar-refractivity contribution in [3.8, 4) is 0 Å². The Hall–Kier alpha value is -0.400. The molecule has 0 bridgehead atoms. The lowest BCUT2D eigenvalue weighted by Gasteiger charge is -2.14. The smallest absolute Gasteiger partial charge is 0.317 e. The maximum absolute atomic E-state index is 11.5. The largest absolute Gasteiger partial charge is 0.480 e. The van der Waals surface area contributed by atoms with E-state index in [-0.39, 0.29) is 18.2 Å². The molecule has 1 atom stereocenters. The van der Waals surface area contributed by atoms with Gasteiger partial charge in [0.05, 0.1) is 12.6 Å². The van der Waals surface area contributed by atoms with E-state index < -0.39 is 12.0 Å². The van der Waals surface area contributed by atoms with E-state index in [0.29, 0.717) is 6.54 Å². The van der Waals surface area contributed by atoms with Gasteiger partial charge >= 0.3 is 5.97 Å². The third kappa shape index (κ3) is 7.84. The van der Waals surface area contributed by atoms with Crippen LogP contribution in [0.5, 0.6) is 0 Å². The van der Waals surface area contributed by atoms with Gasteiger partial charge in [0.2, 0.25) is 5.91 Å². The summed E-state index contributed by atoms with van der Waals surface area (Å²) in [5.74, 6) is -0.139. The third-order valence-electron chi connectivity index (χ3n) is 1.88. The summed E-state index contributed by atoms with van der Waals surface area (Å²) in [4.78, 5) is 21.8. The molecule has 0 aliphatic rings. The van der Waals surface area contributed by atoms with E-state index in [1.165, 1.54) is 0 Å². The van der Waals surface area contributed by atoms with Crippen molar-refractivity contribution in [2.24, 2.45) is 0 Å². The monoisotopic (exact) mass is 266 g/mol. The van der Waals surface area contributed by atoms with Crippen LogP contribution in [-0.2, 0) is 9.59 Å². The van der Waals surface area contributed by atoms with Crippen LogP contribution in [-0.4, -0.2) is 47.6 Å². The number of unbranched alkanes of at least 4 members (excludes halogenated alkanes) is 1. The lowest BCUT2D eigenvalue weighted by molar-refractivity contribution is -0.136. The second-order valence-electron chi connectivity index (χ2n) is 3.23. The molecule has 0 saturated carbocycles. The SMILES string of the molecule is O=C(O)CNC(CS)C(=O)NCCCCS. The number of nitrogens with one attached hydrogen (secondary N) is 2. The van der Waals surface area contributed by atoms with Gasteiger partial charge in [-0.25, -0.2) is 0 Å². The molecule has 5 nitrogen and oxygen atoms in total. The Bertz CT molecular complexity index is 227. The Labute approximate surface area is 106 Å². The molecule has 0 aromatic carbocycles. The molecule has 0 saturated heterocycles. The van der Waals surface area contributed by atoms with Crippen LogP contribution < -0.4 is 10.6 Å². The lowest BCUT2D eigenvalue weighted by atomic mass is 10.3. The number of aliphatic carboxylic acids is 1. The molecule has 0 rings (SSSR count). The number of amides is 1. The summed E-state index contributed by atoms with van der Waals surface area (Å²) in [5.41, 5.74) is 0. The number of hydrogen-bond acceptors (Lipinski definition) is 5. The van der Waals surface area contributed by atoms with E-state index in [4.69, 9.17) is 5.11 Å². The van der Waals surface area contributed by atoms with E-state index in [9.17, 15) is 9.59 Å². The van der Waals surface area contributed by atoms with Gasteiger partial charge in [0, 0.05) is 12.3 Å². The van der Waals surface area contributed by atoms with E-state index in [2.05, 4.69) is 35.9 Å². The molecule has 16 heavy (non-hydrogen) atoms. The fraction of sp³-hybridized carbons (Fsp3) is 0.778. The molecule has 1 amide bonds. The number of hydrogen-bond donors (Lipinski definition) is 5. The minimum atomic E-state index is -0.991. The molecule has 7 heteroatoms. The van der Waals surface area contributed by atoms with E-state index in [1.807, 2.05) is 0 Å². The number of carbonyl (C=O) groups excluding carboxylic acids is 1.